The molecule has 132 valence electrons. The van der Waals surface area contributed by atoms with Gasteiger partial charge in [0.2, 0.25) is 0 Å². The minimum absolute atomic E-state index is 0.0268. The van der Waals surface area contributed by atoms with Gasteiger partial charge in [-0.2, -0.15) is 17.7 Å². The number of alkyl halides is 3. The standard InChI is InChI=1S/C15H13F4N5O/c1-8(9-3-4-11(25-2)10(16)7-9)20-12-5-6-13-21-22-14(15(17,18)19)24(13)23-12/h3-8H,1-2H3,(H,20,23)/t8-/m1/s1. The van der Waals surface area contributed by atoms with Crippen molar-refractivity contribution >= 4 is 11.5 Å². The Morgan fingerprint density at radius 1 is 1.16 bits per heavy atom. The summed E-state index contributed by atoms with van der Waals surface area (Å²) < 4.78 is 57.9. The number of benzene rings is 1. The summed E-state index contributed by atoms with van der Waals surface area (Å²) >= 11 is 0. The molecule has 0 spiro atoms. The maximum atomic E-state index is 13.8. The van der Waals surface area contributed by atoms with E-state index >= 15 is 0 Å². The zero-order chi connectivity index (χ0) is 18.2. The first-order valence-electron chi connectivity index (χ1n) is 7.19. The van der Waals surface area contributed by atoms with Crippen LogP contribution in [0.3, 0.4) is 0 Å². The molecular weight excluding hydrogens is 342 g/mol. The van der Waals surface area contributed by atoms with Crippen molar-refractivity contribution in [3.8, 4) is 5.75 Å². The maximum Gasteiger partial charge on any atom is 0.453 e. The lowest BCUT2D eigenvalue weighted by Crippen LogP contribution is -2.14. The average Bonchev–Trinajstić information content (AvgIpc) is 2.98. The van der Waals surface area contributed by atoms with E-state index in [1.165, 1.54) is 31.4 Å². The largest absolute Gasteiger partial charge is 0.494 e. The summed E-state index contributed by atoms with van der Waals surface area (Å²) in [5.41, 5.74) is 0.556. The van der Waals surface area contributed by atoms with Crippen LogP contribution in [0.2, 0.25) is 0 Å². The second-order valence-electron chi connectivity index (χ2n) is 5.27. The van der Waals surface area contributed by atoms with Gasteiger partial charge in [-0.1, -0.05) is 6.07 Å². The van der Waals surface area contributed by atoms with E-state index in [0.29, 0.717) is 10.1 Å². The van der Waals surface area contributed by atoms with E-state index in [2.05, 4.69) is 20.6 Å². The van der Waals surface area contributed by atoms with Gasteiger partial charge in [0.1, 0.15) is 5.82 Å². The van der Waals surface area contributed by atoms with Crippen molar-refractivity contribution in [1.29, 1.82) is 0 Å². The predicted octanol–water partition coefficient (Wildman–Crippen LogP) is 3.46. The summed E-state index contributed by atoms with van der Waals surface area (Å²) in [6, 6.07) is 6.84. The van der Waals surface area contributed by atoms with Crippen LogP contribution in [0.25, 0.3) is 5.65 Å². The van der Waals surface area contributed by atoms with Crippen molar-refractivity contribution in [3.05, 3.63) is 47.5 Å². The van der Waals surface area contributed by atoms with Crippen LogP contribution in [0.1, 0.15) is 24.4 Å². The van der Waals surface area contributed by atoms with E-state index in [1.807, 2.05) is 0 Å². The quantitative estimate of drug-likeness (QED) is 0.726. The first-order chi connectivity index (χ1) is 11.8. The summed E-state index contributed by atoms with van der Waals surface area (Å²) in [5, 5.41) is 13.3. The Hall–Kier alpha value is -2.91. The van der Waals surface area contributed by atoms with E-state index in [1.54, 1.807) is 13.0 Å². The summed E-state index contributed by atoms with van der Waals surface area (Å²) in [7, 11) is 1.36. The molecule has 1 atom stereocenters. The van der Waals surface area contributed by atoms with Crippen molar-refractivity contribution in [1.82, 2.24) is 19.8 Å². The van der Waals surface area contributed by atoms with Gasteiger partial charge in [-0.05, 0) is 36.8 Å². The molecule has 0 unspecified atom stereocenters. The van der Waals surface area contributed by atoms with Gasteiger partial charge in [0, 0.05) is 0 Å². The van der Waals surface area contributed by atoms with Gasteiger partial charge in [-0.3, -0.25) is 0 Å². The number of halogens is 4. The highest BCUT2D eigenvalue weighted by molar-refractivity contribution is 5.46. The zero-order valence-electron chi connectivity index (χ0n) is 13.2. The molecule has 1 N–H and O–H groups in total. The molecule has 0 saturated heterocycles. The van der Waals surface area contributed by atoms with Gasteiger partial charge < -0.3 is 10.1 Å². The molecular formula is C15H13F4N5O. The molecule has 2 heterocycles. The number of methoxy groups -OCH3 is 1. The summed E-state index contributed by atoms with van der Waals surface area (Å²) in [5.74, 6) is -1.47. The topological polar surface area (TPSA) is 64.3 Å². The number of rotatable bonds is 4. The first-order valence-corrected chi connectivity index (χ1v) is 7.19. The van der Waals surface area contributed by atoms with Gasteiger partial charge in [0.15, 0.2) is 17.2 Å². The van der Waals surface area contributed by atoms with Crippen molar-refractivity contribution < 1.29 is 22.3 Å². The number of anilines is 1. The van der Waals surface area contributed by atoms with Crippen LogP contribution in [0.4, 0.5) is 23.4 Å². The molecule has 0 aliphatic carbocycles. The Morgan fingerprint density at radius 3 is 2.56 bits per heavy atom. The molecule has 2 aromatic heterocycles. The van der Waals surface area contributed by atoms with Crippen molar-refractivity contribution in [2.45, 2.75) is 19.1 Å². The third-order valence-corrected chi connectivity index (χ3v) is 3.56. The third-order valence-electron chi connectivity index (χ3n) is 3.56. The van der Waals surface area contributed by atoms with Crippen LogP contribution in [0.5, 0.6) is 5.75 Å². The minimum atomic E-state index is -4.67. The molecule has 0 aliphatic rings. The number of fused-ring (bicyclic) bond motifs is 1. The Labute approximate surface area is 139 Å². The number of hydrogen-bond donors (Lipinski definition) is 1. The molecule has 3 rings (SSSR count). The van der Waals surface area contributed by atoms with E-state index in [-0.39, 0.29) is 17.2 Å². The second-order valence-corrected chi connectivity index (χ2v) is 5.27. The number of hydrogen-bond acceptors (Lipinski definition) is 5. The number of aromatic nitrogens is 4. The highest BCUT2D eigenvalue weighted by atomic mass is 19.4. The van der Waals surface area contributed by atoms with E-state index in [0.717, 1.165) is 0 Å². The predicted molar refractivity (Wildman–Crippen MR) is 80.8 cm³/mol. The van der Waals surface area contributed by atoms with E-state index in [4.69, 9.17) is 4.74 Å². The lowest BCUT2D eigenvalue weighted by Gasteiger charge is -2.16. The fraction of sp³-hybridized carbons (Fsp3) is 0.267. The Balaban J connectivity index is 1.88. The van der Waals surface area contributed by atoms with Crippen molar-refractivity contribution in [2.24, 2.45) is 0 Å². The fourth-order valence-corrected chi connectivity index (χ4v) is 2.30. The molecule has 0 radical (unpaired) electrons. The Bertz CT molecular complexity index is 909. The van der Waals surface area contributed by atoms with Crippen molar-refractivity contribution in [2.75, 3.05) is 12.4 Å². The van der Waals surface area contributed by atoms with Crippen LogP contribution in [-0.2, 0) is 6.18 Å². The summed E-state index contributed by atoms with van der Waals surface area (Å²) in [6.07, 6.45) is -4.67. The van der Waals surface area contributed by atoms with Crippen LogP contribution >= 0.6 is 0 Å². The van der Waals surface area contributed by atoms with Gasteiger partial charge in [0.05, 0.1) is 13.2 Å². The highest BCUT2D eigenvalue weighted by Crippen LogP contribution is 2.28. The molecule has 25 heavy (non-hydrogen) atoms. The van der Waals surface area contributed by atoms with E-state index < -0.39 is 23.9 Å². The summed E-state index contributed by atoms with van der Waals surface area (Å²) in [6.45, 7) is 1.73. The Morgan fingerprint density at radius 2 is 1.92 bits per heavy atom. The van der Waals surface area contributed by atoms with Gasteiger partial charge in [0.25, 0.3) is 5.82 Å². The van der Waals surface area contributed by atoms with Crippen LogP contribution in [0.15, 0.2) is 30.3 Å². The van der Waals surface area contributed by atoms with Gasteiger partial charge in [-0.25, -0.2) is 4.39 Å². The van der Waals surface area contributed by atoms with Crippen LogP contribution in [0, 0.1) is 5.82 Å². The number of ether oxygens (including phenoxy) is 1. The molecule has 0 saturated carbocycles. The van der Waals surface area contributed by atoms with Crippen LogP contribution < -0.4 is 10.1 Å². The molecule has 0 fully saturated rings. The fourth-order valence-electron chi connectivity index (χ4n) is 2.30. The van der Waals surface area contributed by atoms with E-state index in [9.17, 15) is 17.6 Å². The Kier molecular flexibility index (Phi) is 4.19. The lowest BCUT2D eigenvalue weighted by molar-refractivity contribution is -0.146. The van der Waals surface area contributed by atoms with Gasteiger partial charge >= 0.3 is 6.18 Å². The molecule has 0 aliphatic heterocycles. The number of nitrogens with zero attached hydrogens (tertiary/aromatic N) is 4. The lowest BCUT2D eigenvalue weighted by atomic mass is 10.1. The molecule has 3 aromatic rings. The third kappa shape index (κ3) is 3.32. The highest BCUT2D eigenvalue weighted by Gasteiger charge is 2.37. The second kappa shape index (κ2) is 6.19. The van der Waals surface area contributed by atoms with Gasteiger partial charge in [-0.15, -0.1) is 15.3 Å². The molecule has 0 amide bonds. The molecule has 10 heteroatoms. The smallest absolute Gasteiger partial charge is 0.453 e. The maximum absolute atomic E-state index is 13.8. The average molecular weight is 355 g/mol. The number of nitrogens with one attached hydrogen (secondary N) is 1. The molecule has 6 nitrogen and oxygen atoms in total. The monoisotopic (exact) mass is 355 g/mol. The normalized spacial score (nSPS) is 13.0. The van der Waals surface area contributed by atoms with Crippen molar-refractivity contribution in [3.63, 3.8) is 0 Å². The van der Waals surface area contributed by atoms with Crippen LogP contribution in [-0.4, -0.2) is 26.9 Å². The SMILES string of the molecule is COc1ccc([C@@H](C)Nc2ccc3nnc(C(F)(F)F)n3n2)cc1F. The molecule has 1 aromatic carbocycles. The summed E-state index contributed by atoms with van der Waals surface area (Å²) in [4.78, 5) is 0. The zero-order valence-corrected chi connectivity index (χ0v) is 13.2. The molecule has 0 bridgehead atoms. The first kappa shape index (κ1) is 16.9. The minimum Gasteiger partial charge on any atom is -0.494 e.